The normalized spacial score (nSPS) is 14.7. The van der Waals surface area contributed by atoms with E-state index < -0.39 is 5.91 Å². The van der Waals surface area contributed by atoms with Gasteiger partial charge in [-0.05, 0) is 18.9 Å². The zero-order valence-electron chi connectivity index (χ0n) is 8.49. The van der Waals surface area contributed by atoms with Gasteiger partial charge in [0.1, 0.15) is 5.69 Å². The number of nitrogens with one attached hydrogen (secondary N) is 1. The zero-order valence-corrected chi connectivity index (χ0v) is 8.49. The molecule has 0 spiro atoms. The van der Waals surface area contributed by atoms with E-state index in [4.69, 9.17) is 10.5 Å². The lowest BCUT2D eigenvalue weighted by atomic mass is 10.3. The quantitative estimate of drug-likeness (QED) is 0.764. The van der Waals surface area contributed by atoms with Crippen molar-refractivity contribution in [2.75, 3.05) is 12.4 Å². The third kappa shape index (κ3) is 2.18. The van der Waals surface area contributed by atoms with Crippen LogP contribution >= 0.6 is 0 Å². The van der Waals surface area contributed by atoms with Crippen LogP contribution < -0.4 is 15.8 Å². The molecule has 0 saturated heterocycles. The van der Waals surface area contributed by atoms with E-state index in [1.54, 1.807) is 13.1 Å². The molecule has 0 bridgehead atoms. The average molecular weight is 207 g/mol. The molecule has 0 aromatic carbocycles. The van der Waals surface area contributed by atoms with E-state index in [0.717, 1.165) is 18.5 Å². The summed E-state index contributed by atoms with van der Waals surface area (Å²) in [5.74, 6) is 0.134. The van der Waals surface area contributed by atoms with Crippen LogP contribution in [0.15, 0.2) is 12.3 Å². The van der Waals surface area contributed by atoms with E-state index in [1.807, 2.05) is 0 Å². The summed E-state index contributed by atoms with van der Waals surface area (Å²) < 4.78 is 5.60. The molecule has 0 unspecified atom stereocenters. The van der Waals surface area contributed by atoms with E-state index in [0.29, 0.717) is 11.9 Å². The van der Waals surface area contributed by atoms with Gasteiger partial charge in [0.05, 0.1) is 18.0 Å². The molecule has 0 atom stereocenters. The summed E-state index contributed by atoms with van der Waals surface area (Å²) in [4.78, 5) is 14.8. The molecule has 80 valence electrons. The molecule has 1 aromatic heterocycles. The van der Waals surface area contributed by atoms with Crippen molar-refractivity contribution in [1.29, 1.82) is 0 Å². The molecular formula is C10H13N3O2. The van der Waals surface area contributed by atoms with Crippen molar-refractivity contribution < 1.29 is 9.53 Å². The molecule has 15 heavy (non-hydrogen) atoms. The number of primary amides is 1. The lowest BCUT2D eigenvalue weighted by Gasteiger charge is -2.10. The second-order valence-corrected chi connectivity index (χ2v) is 3.50. The minimum Gasteiger partial charge on any atom is -0.487 e. The van der Waals surface area contributed by atoms with Gasteiger partial charge in [0.2, 0.25) is 0 Å². The molecule has 1 aliphatic carbocycles. The predicted molar refractivity (Wildman–Crippen MR) is 56.0 cm³/mol. The third-order valence-electron chi connectivity index (χ3n) is 2.21. The topological polar surface area (TPSA) is 77.2 Å². The van der Waals surface area contributed by atoms with Crippen LogP contribution in [0.4, 0.5) is 5.69 Å². The van der Waals surface area contributed by atoms with Gasteiger partial charge in [0, 0.05) is 7.05 Å². The van der Waals surface area contributed by atoms with Crippen molar-refractivity contribution in [3.05, 3.63) is 18.0 Å². The lowest BCUT2D eigenvalue weighted by molar-refractivity contribution is 0.0995. The molecule has 3 N–H and O–H groups in total. The number of anilines is 1. The van der Waals surface area contributed by atoms with Crippen LogP contribution in [0.25, 0.3) is 0 Å². The van der Waals surface area contributed by atoms with Crippen molar-refractivity contribution in [2.24, 2.45) is 5.73 Å². The minimum atomic E-state index is -0.538. The molecule has 1 saturated carbocycles. The molecule has 0 radical (unpaired) electrons. The molecular weight excluding hydrogens is 194 g/mol. The summed E-state index contributed by atoms with van der Waals surface area (Å²) >= 11 is 0. The first-order valence-electron chi connectivity index (χ1n) is 4.85. The highest BCUT2D eigenvalue weighted by Crippen LogP contribution is 2.31. The van der Waals surface area contributed by atoms with Crippen LogP contribution in [0.2, 0.25) is 0 Å². The monoisotopic (exact) mass is 207 g/mol. The first-order valence-corrected chi connectivity index (χ1v) is 4.85. The molecule has 5 heteroatoms. The third-order valence-corrected chi connectivity index (χ3v) is 2.21. The fourth-order valence-electron chi connectivity index (χ4n) is 1.23. The number of aromatic nitrogens is 1. The van der Waals surface area contributed by atoms with Crippen LogP contribution in [0.5, 0.6) is 5.75 Å². The maximum Gasteiger partial charge on any atom is 0.267 e. The number of pyridine rings is 1. The molecule has 5 nitrogen and oxygen atoms in total. The molecule has 1 heterocycles. The summed E-state index contributed by atoms with van der Waals surface area (Å²) in [6.45, 7) is 0. The summed E-state index contributed by atoms with van der Waals surface area (Å²) in [6.07, 6.45) is 4.00. The van der Waals surface area contributed by atoms with Crippen molar-refractivity contribution >= 4 is 11.6 Å². The highest BCUT2D eigenvalue weighted by molar-refractivity contribution is 5.92. The Balaban J connectivity index is 2.25. The van der Waals surface area contributed by atoms with E-state index in [9.17, 15) is 4.79 Å². The number of ether oxygens (including phenoxy) is 1. The van der Waals surface area contributed by atoms with Gasteiger partial charge in [-0.1, -0.05) is 0 Å². The van der Waals surface area contributed by atoms with Crippen molar-refractivity contribution in [3.63, 3.8) is 0 Å². The summed E-state index contributed by atoms with van der Waals surface area (Å²) in [5, 5.41) is 2.95. The van der Waals surface area contributed by atoms with Gasteiger partial charge in [-0.3, -0.25) is 4.79 Å². The second kappa shape index (κ2) is 3.76. The second-order valence-electron chi connectivity index (χ2n) is 3.50. The predicted octanol–water partition coefficient (Wildman–Crippen LogP) is 0.763. The summed E-state index contributed by atoms with van der Waals surface area (Å²) in [6, 6.07) is 1.60. The Hall–Kier alpha value is -1.78. The van der Waals surface area contributed by atoms with Crippen LogP contribution in [-0.2, 0) is 0 Å². The zero-order chi connectivity index (χ0) is 10.8. The Bertz CT molecular complexity index is 388. The minimum absolute atomic E-state index is 0.238. The van der Waals surface area contributed by atoms with Crippen LogP contribution in [0.3, 0.4) is 0 Å². The number of hydrogen-bond acceptors (Lipinski definition) is 4. The number of carbonyl (C=O) groups is 1. The van der Waals surface area contributed by atoms with Gasteiger partial charge >= 0.3 is 0 Å². The molecule has 1 aromatic rings. The first-order chi connectivity index (χ1) is 7.20. The summed E-state index contributed by atoms with van der Waals surface area (Å²) in [5.41, 5.74) is 6.11. The van der Waals surface area contributed by atoms with E-state index >= 15 is 0 Å². The average Bonchev–Trinajstić information content (AvgIpc) is 3.02. The van der Waals surface area contributed by atoms with Crippen molar-refractivity contribution in [1.82, 2.24) is 4.98 Å². The maximum absolute atomic E-state index is 10.9. The molecule has 0 aliphatic heterocycles. The Kier molecular flexibility index (Phi) is 2.45. The maximum atomic E-state index is 10.9. The van der Waals surface area contributed by atoms with E-state index in [2.05, 4.69) is 10.3 Å². The Morgan fingerprint density at radius 3 is 2.93 bits per heavy atom. The fourth-order valence-corrected chi connectivity index (χ4v) is 1.23. The summed E-state index contributed by atoms with van der Waals surface area (Å²) in [7, 11) is 1.76. The number of amides is 1. The molecule has 2 rings (SSSR count). The van der Waals surface area contributed by atoms with Gasteiger partial charge in [-0.15, -0.1) is 0 Å². The van der Waals surface area contributed by atoms with Gasteiger partial charge in [0.15, 0.2) is 5.75 Å². The van der Waals surface area contributed by atoms with Gasteiger partial charge in [-0.2, -0.15) is 0 Å². The van der Waals surface area contributed by atoms with Crippen molar-refractivity contribution in [3.8, 4) is 5.75 Å². The molecule has 1 aliphatic rings. The van der Waals surface area contributed by atoms with Gasteiger partial charge in [0.25, 0.3) is 5.91 Å². The van der Waals surface area contributed by atoms with Gasteiger partial charge in [-0.25, -0.2) is 4.98 Å². The van der Waals surface area contributed by atoms with Crippen LogP contribution in [0.1, 0.15) is 23.3 Å². The molecule has 1 amide bonds. The highest BCUT2D eigenvalue weighted by atomic mass is 16.5. The smallest absolute Gasteiger partial charge is 0.267 e. The standard InChI is InChI=1S/C10H13N3O2/c1-12-7-4-8(10(11)14)13-5-9(7)15-6-2-3-6/h4-6H,2-3H2,1H3,(H2,11,14)(H,12,13). The number of hydrogen-bond donors (Lipinski definition) is 2. The van der Waals surface area contributed by atoms with Crippen LogP contribution in [0, 0.1) is 0 Å². The van der Waals surface area contributed by atoms with Gasteiger partial charge < -0.3 is 15.8 Å². The van der Waals surface area contributed by atoms with Crippen molar-refractivity contribution in [2.45, 2.75) is 18.9 Å². The highest BCUT2D eigenvalue weighted by Gasteiger charge is 2.24. The Labute approximate surface area is 87.6 Å². The lowest BCUT2D eigenvalue weighted by Crippen LogP contribution is -2.13. The molecule has 1 fully saturated rings. The fraction of sp³-hybridized carbons (Fsp3) is 0.400. The first kappa shape index (κ1) is 9.76. The number of nitrogens with two attached hydrogens (primary N) is 1. The largest absolute Gasteiger partial charge is 0.487 e. The number of carbonyl (C=O) groups excluding carboxylic acids is 1. The number of rotatable bonds is 4. The number of nitrogens with zero attached hydrogens (tertiary/aromatic N) is 1. The van der Waals surface area contributed by atoms with Crippen LogP contribution in [-0.4, -0.2) is 24.0 Å². The van der Waals surface area contributed by atoms with E-state index in [-0.39, 0.29) is 5.69 Å². The Morgan fingerprint density at radius 1 is 1.67 bits per heavy atom. The van der Waals surface area contributed by atoms with E-state index in [1.165, 1.54) is 6.20 Å². The SMILES string of the molecule is CNc1cc(C(N)=O)ncc1OC1CC1. The Morgan fingerprint density at radius 2 is 2.40 bits per heavy atom.